The van der Waals surface area contributed by atoms with E-state index in [-0.39, 0.29) is 11.9 Å². The predicted molar refractivity (Wildman–Crippen MR) is 93.6 cm³/mol. The minimum absolute atomic E-state index is 0.128. The Labute approximate surface area is 143 Å². The van der Waals surface area contributed by atoms with Crippen LogP contribution in [0.1, 0.15) is 10.4 Å². The third-order valence-electron chi connectivity index (χ3n) is 4.15. The maximum atomic E-state index is 12.5. The molecule has 2 N–H and O–H groups in total. The van der Waals surface area contributed by atoms with E-state index in [1.165, 1.54) is 0 Å². The van der Waals surface area contributed by atoms with Crippen molar-refractivity contribution in [1.82, 2.24) is 20.3 Å². The molecule has 0 aliphatic carbocycles. The van der Waals surface area contributed by atoms with E-state index in [2.05, 4.69) is 20.9 Å². The first kappa shape index (κ1) is 15.1. The number of carbonyl (C=O) groups is 2. The highest BCUT2D eigenvalue weighted by Gasteiger charge is 2.21. The van der Waals surface area contributed by atoms with Crippen LogP contribution in [0, 0.1) is 0 Å². The quantitative estimate of drug-likeness (QED) is 0.762. The summed E-state index contributed by atoms with van der Waals surface area (Å²) in [6.07, 6.45) is 0. The second-order valence-electron chi connectivity index (χ2n) is 5.80. The summed E-state index contributed by atoms with van der Waals surface area (Å²) in [6, 6.07) is 12.3. The van der Waals surface area contributed by atoms with Crippen molar-refractivity contribution in [3.8, 4) is 0 Å². The predicted octanol–water partition coefficient (Wildman–Crippen LogP) is 1.75. The van der Waals surface area contributed by atoms with Crippen LogP contribution < -0.4 is 15.5 Å². The van der Waals surface area contributed by atoms with Gasteiger partial charge in [0.2, 0.25) is 0 Å². The van der Waals surface area contributed by atoms with Crippen molar-refractivity contribution in [3.63, 3.8) is 0 Å². The number of aromatic nitrogens is 3. The Morgan fingerprint density at radius 1 is 1.24 bits per heavy atom. The number of nitrogens with one attached hydrogen (secondary N) is 2. The van der Waals surface area contributed by atoms with Crippen LogP contribution >= 0.6 is 0 Å². The summed E-state index contributed by atoms with van der Waals surface area (Å²) in [7, 11) is 1.80. The number of carbonyl (C=O) groups excluding carboxylic acids is 2. The van der Waals surface area contributed by atoms with Crippen molar-refractivity contribution in [1.29, 1.82) is 0 Å². The summed E-state index contributed by atoms with van der Waals surface area (Å²) in [4.78, 5) is 25.9. The molecule has 0 saturated carbocycles. The van der Waals surface area contributed by atoms with E-state index in [9.17, 15) is 9.59 Å². The van der Waals surface area contributed by atoms with Gasteiger partial charge < -0.3 is 10.6 Å². The van der Waals surface area contributed by atoms with Crippen molar-refractivity contribution >= 4 is 34.3 Å². The van der Waals surface area contributed by atoms with Crippen LogP contribution in [0.5, 0.6) is 0 Å². The lowest BCUT2D eigenvalue weighted by Crippen LogP contribution is -2.27. The molecule has 4 rings (SSSR count). The first-order chi connectivity index (χ1) is 12.1. The number of aryl methyl sites for hydroxylation is 1. The summed E-state index contributed by atoms with van der Waals surface area (Å²) in [5.74, 6) is -0.240. The Kier molecular flexibility index (Phi) is 3.57. The van der Waals surface area contributed by atoms with Gasteiger partial charge in [0, 0.05) is 37.1 Å². The molecule has 2 aromatic carbocycles. The molecule has 25 heavy (non-hydrogen) atoms. The molecule has 1 saturated heterocycles. The monoisotopic (exact) mass is 336 g/mol. The highest BCUT2D eigenvalue weighted by molar-refractivity contribution is 6.06. The van der Waals surface area contributed by atoms with Gasteiger partial charge in [-0.1, -0.05) is 11.3 Å². The van der Waals surface area contributed by atoms with E-state index in [1.54, 1.807) is 40.9 Å². The second-order valence-corrected chi connectivity index (χ2v) is 5.80. The van der Waals surface area contributed by atoms with Crippen LogP contribution in [-0.2, 0) is 7.05 Å². The zero-order chi connectivity index (χ0) is 17.4. The SMILES string of the molecule is Cn1nnc2cc(C(=O)Nc3cccc(N4CCNC4=O)c3)ccc21. The number of benzene rings is 2. The molecular formula is C17H16N6O2. The molecule has 8 heteroatoms. The fourth-order valence-corrected chi connectivity index (χ4v) is 2.85. The van der Waals surface area contributed by atoms with Crippen LogP contribution in [0.15, 0.2) is 42.5 Å². The van der Waals surface area contributed by atoms with Gasteiger partial charge in [0.1, 0.15) is 5.52 Å². The summed E-state index contributed by atoms with van der Waals surface area (Å²) >= 11 is 0. The highest BCUT2D eigenvalue weighted by Crippen LogP contribution is 2.22. The molecule has 0 spiro atoms. The molecule has 3 aromatic rings. The fourth-order valence-electron chi connectivity index (χ4n) is 2.85. The zero-order valence-corrected chi connectivity index (χ0v) is 13.6. The van der Waals surface area contributed by atoms with E-state index >= 15 is 0 Å². The van der Waals surface area contributed by atoms with Gasteiger partial charge in [0.05, 0.1) is 5.52 Å². The third kappa shape index (κ3) is 2.78. The molecule has 2 heterocycles. The van der Waals surface area contributed by atoms with Crippen molar-refractivity contribution in [2.75, 3.05) is 23.3 Å². The lowest BCUT2D eigenvalue weighted by Gasteiger charge is -2.15. The number of hydrogen-bond acceptors (Lipinski definition) is 4. The Bertz CT molecular complexity index is 980. The Hall–Kier alpha value is -3.42. The number of urea groups is 1. The van der Waals surface area contributed by atoms with Crippen molar-refractivity contribution in [3.05, 3.63) is 48.0 Å². The molecule has 1 aliphatic rings. The fraction of sp³-hybridized carbons (Fsp3) is 0.176. The second kappa shape index (κ2) is 5.90. The van der Waals surface area contributed by atoms with E-state index in [1.807, 2.05) is 18.2 Å². The van der Waals surface area contributed by atoms with Crippen molar-refractivity contribution < 1.29 is 9.59 Å². The average Bonchev–Trinajstić information content (AvgIpc) is 3.21. The van der Waals surface area contributed by atoms with Crippen LogP contribution in [0.4, 0.5) is 16.2 Å². The van der Waals surface area contributed by atoms with E-state index in [4.69, 9.17) is 0 Å². The lowest BCUT2D eigenvalue weighted by molar-refractivity contribution is 0.102. The van der Waals surface area contributed by atoms with Gasteiger partial charge in [0.15, 0.2) is 0 Å². The summed E-state index contributed by atoms with van der Waals surface area (Å²) < 4.78 is 1.65. The number of hydrogen-bond donors (Lipinski definition) is 2. The Morgan fingerprint density at radius 2 is 2.12 bits per heavy atom. The average molecular weight is 336 g/mol. The molecule has 0 atom stereocenters. The molecule has 0 radical (unpaired) electrons. The van der Waals surface area contributed by atoms with E-state index < -0.39 is 0 Å². The topological polar surface area (TPSA) is 92.2 Å². The minimum atomic E-state index is -0.240. The molecule has 8 nitrogen and oxygen atoms in total. The standard InChI is InChI=1S/C17H16N6O2/c1-22-15-6-5-11(9-14(15)20-21-22)16(24)19-12-3-2-4-13(10-12)23-8-7-18-17(23)25/h2-6,9-10H,7-8H2,1H3,(H,18,25)(H,19,24). The molecule has 1 fully saturated rings. The molecule has 1 aliphatic heterocycles. The van der Waals surface area contributed by atoms with Crippen LogP contribution in [0.25, 0.3) is 11.0 Å². The highest BCUT2D eigenvalue weighted by atomic mass is 16.2. The molecule has 1 aromatic heterocycles. The molecule has 3 amide bonds. The maximum Gasteiger partial charge on any atom is 0.321 e. The zero-order valence-electron chi connectivity index (χ0n) is 13.6. The van der Waals surface area contributed by atoms with Gasteiger partial charge in [-0.15, -0.1) is 5.10 Å². The summed E-state index contributed by atoms with van der Waals surface area (Å²) in [5.41, 5.74) is 3.40. The third-order valence-corrected chi connectivity index (χ3v) is 4.15. The Morgan fingerprint density at radius 3 is 2.92 bits per heavy atom. The van der Waals surface area contributed by atoms with Crippen LogP contribution in [0.3, 0.4) is 0 Å². The molecule has 126 valence electrons. The van der Waals surface area contributed by atoms with Gasteiger partial charge >= 0.3 is 6.03 Å². The minimum Gasteiger partial charge on any atom is -0.336 e. The van der Waals surface area contributed by atoms with E-state index in [0.29, 0.717) is 29.9 Å². The van der Waals surface area contributed by atoms with E-state index in [0.717, 1.165) is 11.2 Å². The Balaban J connectivity index is 1.56. The molecule has 0 unspecified atom stereocenters. The largest absolute Gasteiger partial charge is 0.336 e. The molecule has 0 bridgehead atoms. The van der Waals surface area contributed by atoms with Crippen LogP contribution in [-0.4, -0.2) is 40.0 Å². The summed E-state index contributed by atoms with van der Waals surface area (Å²) in [5, 5.41) is 13.6. The van der Waals surface area contributed by atoms with Crippen molar-refractivity contribution in [2.45, 2.75) is 0 Å². The summed E-state index contributed by atoms with van der Waals surface area (Å²) in [6.45, 7) is 1.23. The lowest BCUT2D eigenvalue weighted by atomic mass is 10.1. The number of anilines is 2. The first-order valence-electron chi connectivity index (χ1n) is 7.88. The van der Waals surface area contributed by atoms with Gasteiger partial charge in [-0.3, -0.25) is 9.69 Å². The van der Waals surface area contributed by atoms with Crippen LogP contribution in [0.2, 0.25) is 0 Å². The first-order valence-corrected chi connectivity index (χ1v) is 7.88. The number of rotatable bonds is 3. The van der Waals surface area contributed by atoms with Crippen molar-refractivity contribution in [2.24, 2.45) is 7.05 Å². The van der Waals surface area contributed by atoms with Gasteiger partial charge in [0.25, 0.3) is 5.91 Å². The normalized spacial score (nSPS) is 14.0. The molecular weight excluding hydrogens is 320 g/mol. The van der Waals surface area contributed by atoms with Gasteiger partial charge in [-0.2, -0.15) is 0 Å². The maximum absolute atomic E-state index is 12.5. The van der Waals surface area contributed by atoms with Gasteiger partial charge in [-0.25, -0.2) is 9.48 Å². The number of fused-ring (bicyclic) bond motifs is 1. The number of nitrogens with zero attached hydrogens (tertiary/aromatic N) is 4. The van der Waals surface area contributed by atoms with Gasteiger partial charge in [-0.05, 0) is 36.4 Å². The smallest absolute Gasteiger partial charge is 0.321 e. The number of amides is 3.